The van der Waals surface area contributed by atoms with Crippen molar-refractivity contribution in [2.75, 3.05) is 15.7 Å². The number of H-pyrrole nitrogens is 1. The predicted octanol–water partition coefficient (Wildman–Crippen LogP) is 0.582. The van der Waals surface area contributed by atoms with Gasteiger partial charge in [-0.05, 0) is 12.1 Å². The van der Waals surface area contributed by atoms with Gasteiger partial charge in [0.1, 0.15) is 4.90 Å². The number of nitrogens with one attached hydrogen (secondary N) is 3. The smallest absolute Gasteiger partial charge is 0.265 e. The van der Waals surface area contributed by atoms with Gasteiger partial charge in [-0.15, -0.1) is 0 Å². The van der Waals surface area contributed by atoms with Crippen molar-refractivity contribution < 1.29 is 16.8 Å². The summed E-state index contributed by atoms with van der Waals surface area (Å²) in [7, 11) is -7.34. The number of nitrogens with zero attached hydrogens (tertiary/aromatic N) is 1. The van der Waals surface area contributed by atoms with Gasteiger partial charge in [0.2, 0.25) is 10.0 Å². The van der Waals surface area contributed by atoms with Gasteiger partial charge in [0.25, 0.3) is 10.0 Å². The summed E-state index contributed by atoms with van der Waals surface area (Å²) in [5, 5.41) is 5.95. The first-order valence-electron chi connectivity index (χ1n) is 5.36. The predicted molar refractivity (Wildman–Crippen MR) is 74.3 cm³/mol. The molecule has 0 atom stereocenters. The van der Waals surface area contributed by atoms with Gasteiger partial charge in [-0.1, -0.05) is 12.1 Å². The molecule has 1 heterocycles. The van der Waals surface area contributed by atoms with Crippen LogP contribution in [0.15, 0.2) is 41.6 Å². The first-order valence-corrected chi connectivity index (χ1v) is 8.74. The Kier molecular flexibility index (Phi) is 3.68. The minimum Gasteiger partial charge on any atom is -0.284 e. The average Bonchev–Trinajstić information content (AvgIpc) is 2.83. The number of benzene rings is 1. The SMILES string of the molecule is CS(=O)(=O)Nc1ccccc1NS(=O)(=O)c1cn[nH]c1. The summed E-state index contributed by atoms with van der Waals surface area (Å²) in [6.45, 7) is 0. The Bertz CT molecular complexity index is 798. The van der Waals surface area contributed by atoms with E-state index in [1.165, 1.54) is 18.3 Å². The highest BCUT2D eigenvalue weighted by atomic mass is 32.2. The number of aromatic nitrogens is 2. The molecule has 3 N–H and O–H groups in total. The molecule has 0 saturated heterocycles. The highest BCUT2D eigenvalue weighted by Gasteiger charge is 2.17. The van der Waals surface area contributed by atoms with Gasteiger partial charge < -0.3 is 0 Å². The fraction of sp³-hybridized carbons (Fsp3) is 0.100. The highest BCUT2D eigenvalue weighted by molar-refractivity contribution is 7.93. The van der Waals surface area contributed by atoms with E-state index in [9.17, 15) is 16.8 Å². The normalized spacial score (nSPS) is 12.1. The van der Waals surface area contributed by atoms with Crippen LogP contribution in [0.4, 0.5) is 11.4 Å². The summed E-state index contributed by atoms with van der Waals surface area (Å²) in [5.41, 5.74) is 0.265. The van der Waals surface area contributed by atoms with Crippen LogP contribution in [0.1, 0.15) is 0 Å². The van der Waals surface area contributed by atoms with Gasteiger partial charge in [-0.3, -0.25) is 14.5 Å². The lowest BCUT2D eigenvalue weighted by Gasteiger charge is -2.12. The van der Waals surface area contributed by atoms with E-state index in [1.807, 2.05) is 0 Å². The first kappa shape index (κ1) is 14.3. The molecule has 10 heteroatoms. The van der Waals surface area contributed by atoms with E-state index >= 15 is 0 Å². The molecule has 2 rings (SSSR count). The van der Waals surface area contributed by atoms with E-state index in [1.54, 1.807) is 12.1 Å². The molecule has 0 aliphatic carbocycles. The van der Waals surface area contributed by atoms with Crippen molar-refractivity contribution in [3.05, 3.63) is 36.7 Å². The van der Waals surface area contributed by atoms with E-state index < -0.39 is 20.0 Å². The largest absolute Gasteiger partial charge is 0.284 e. The van der Waals surface area contributed by atoms with Crippen molar-refractivity contribution in [1.82, 2.24) is 10.2 Å². The average molecular weight is 316 g/mol. The van der Waals surface area contributed by atoms with E-state index in [2.05, 4.69) is 19.6 Å². The standard InChI is InChI=1S/C10H12N4O4S2/c1-19(15,16)13-9-4-2-3-5-10(9)14-20(17,18)8-6-11-12-7-8/h2-7,13-14H,1H3,(H,11,12). The molecule has 0 amide bonds. The van der Waals surface area contributed by atoms with E-state index in [-0.39, 0.29) is 16.3 Å². The van der Waals surface area contributed by atoms with Gasteiger partial charge in [0.05, 0.1) is 23.8 Å². The summed E-state index contributed by atoms with van der Waals surface area (Å²) in [5.74, 6) is 0. The van der Waals surface area contributed by atoms with Crippen molar-refractivity contribution in [2.45, 2.75) is 4.90 Å². The number of anilines is 2. The third-order valence-corrected chi connectivity index (χ3v) is 4.17. The Morgan fingerprint density at radius 2 is 1.65 bits per heavy atom. The van der Waals surface area contributed by atoms with Crippen LogP contribution in [0.2, 0.25) is 0 Å². The van der Waals surface area contributed by atoms with Crippen LogP contribution < -0.4 is 9.44 Å². The Labute approximate surface area is 116 Å². The summed E-state index contributed by atoms with van der Waals surface area (Å²) < 4.78 is 51.1. The second-order valence-corrected chi connectivity index (χ2v) is 7.39. The second-order valence-electron chi connectivity index (χ2n) is 3.96. The number of sulfonamides is 2. The van der Waals surface area contributed by atoms with Crippen molar-refractivity contribution >= 4 is 31.4 Å². The number of hydrogen-bond donors (Lipinski definition) is 3. The van der Waals surface area contributed by atoms with E-state index in [0.717, 1.165) is 12.5 Å². The van der Waals surface area contributed by atoms with Crippen LogP contribution in [0.3, 0.4) is 0 Å². The van der Waals surface area contributed by atoms with E-state index in [4.69, 9.17) is 0 Å². The molecule has 8 nitrogen and oxygen atoms in total. The summed E-state index contributed by atoms with van der Waals surface area (Å²) >= 11 is 0. The molecule has 108 valence electrons. The monoisotopic (exact) mass is 316 g/mol. The van der Waals surface area contributed by atoms with Crippen molar-refractivity contribution in [3.63, 3.8) is 0 Å². The molecular weight excluding hydrogens is 304 g/mol. The molecule has 20 heavy (non-hydrogen) atoms. The van der Waals surface area contributed by atoms with Gasteiger partial charge in [-0.25, -0.2) is 16.8 Å². The minimum absolute atomic E-state index is 0.0494. The van der Waals surface area contributed by atoms with Crippen molar-refractivity contribution in [1.29, 1.82) is 0 Å². The molecule has 0 spiro atoms. The van der Waals surface area contributed by atoms with Crippen LogP contribution in [-0.2, 0) is 20.0 Å². The topological polar surface area (TPSA) is 121 Å². The molecule has 0 fully saturated rings. The van der Waals surface area contributed by atoms with Crippen LogP contribution in [0, 0.1) is 0 Å². The van der Waals surface area contributed by atoms with Crippen LogP contribution in [0.25, 0.3) is 0 Å². The molecule has 0 unspecified atom stereocenters. The lowest BCUT2D eigenvalue weighted by molar-refractivity contribution is 0.600. The zero-order valence-electron chi connectivity index (χ0n) is 10.4. The van der Waals surface area contributed by atoms with Crippen molar-refractivity contribution in [3.8, 4) is 0 Å². The Balaban J connectivity index is 2.35. The zero-order chi connectivity index (χ0) is 14.8. The van der Waals surface area contributed by atoms with Crippen LogP contribution in [0.5, 0.6) is 0 Å². The minimum atomic E-state index is -3.83. The third kappa shape index (κ3) is 3.48. The number of aromatic amines is 1. The maximum absolute atomic E-state index is 12.0. The number of hydrogen-bond acceptors (Lipinski definition) is 5. The van der Waals surface area contributed by atoms with Crippen LogP contribution >= 0.6 is 0 Å². The molecule has 0 aliphatic rings. The molecular formula is C10H12N4O4S2. The molecule has 1 aromatic heterocycles. The highest BCUT2D eigenvalue weighted by Crippen LogP contribution is 2.24. The summed E-state index contributed by atoms with van der Waals surface area (Å²) in [4.78, 5) is -0.0494. The maximum atomic E-state index is 12.0. The quantitative estimate of drug-likeness (QED) is 0.745. The van der Waals surface area contributed by atoms with E-state index in [0.29, 0.717) is 0 Å². The van der Waals surface area contributed by atoms with Crippen LogP contribution in [-0.4, -0.2) is 33.3 Å². The zero-order valence-corrected chi connectivity index (χ0v) is 12.0. The molecule has 0 aliphatic heterocycles. The lowest BCUT2D eigenvalue weighted by Crippen LogP contribution is -2.16. The third-order valence-electron chi connectivity index (χ3n) is 2.25. The summed E-state index contributed by atoms with van der Waals surface area (Å²) in [6.07, 6.45) is 3.35. The fourth-order valence-corrected chi connectivity index (χ4v) is 3.01. The van der Waals surface area contributed by atoms with Gasteiger partial charge in [-0.2, -0.15) is 5.10 Å². The Morgan fingerprint density at radius 3 is 2.15 bits per heavy atom. The maximum Gasteiger partial charge on any atom is 0.265 e. The number of para-hydroxylation sites is 2. The van der Waals surface area contributed by atoms with Gasteiger partial charge in [0, 0.05) is 6.20 Å². The summed E-state index contributed by atoms with van der Waals surface area (Å²) in [6, 6.07) is 6.07. The molecule has 0 radical (unpaired) electrons. The Hall–Kier alpha value is -2.07. The van der Waals surface area contributed by atoms with Gasteiger partial charge in [0.15, 0.2) is 0 Å². The van der Waals surface area contributed by atoms with Crippen molar-refractivity contribution in [2.24, 2.45) is 0 Å². The molecule has 0 bridgehead atoms. The lowest BCUT2D eigenvalue weighted by atomic mass is 10.3. The first-order chi connectivity index (χ1) is 9.28. The fourth-order valence-electron chi connectivity index (χ4n) is 1.45. The van der Waals surface area contributed by atoms with Gasteiger partial charge >= 0.3 is 0 Å². The Morgan fingerprint density at radius 1 is 1.05 bits per heavy atom. The molecule has 2 aromatic rings. The second kappa shape index (κ2) is 5.13. The number of rotatable bonds is 5. The molecule has 0 saturated carbocycles. The molecule has 1 aromatic carbocycles.